The first-order chi connectivity index (χ1) is 9.11. The molecule has 1 amide bonds. The quantitative estimate of drug-likeness (QED) is 0.673. The summed E-state index contributed by atoms with van der Waals surface area (Å²) < 4.78 is 0. The van der Waals surface area contributed by atoms with Crippen LogP contribution in [-0.2, 0) is 4.79 Å². The fraction of sp³-hybridized carbons (Fsp3) is 0.875. The monoisotopic (exact) mass is 300 g/mol. The molecule has 0 aromatic carbocycles. The van der Waals surface area contributed by atoms with Crippen LogP contribution in [0.25, 0.3) is 0 Å². The van der Waals surface area contributed by atoms with Gasteiger partial charge in [-0.1, -0.05) is 66.6 Å². The molecule has 0 aliphatic rings. The van der Waals surface area contributed by atoms with E-state index in [0.29, 0.717) is 17.5 Å². The summed E-state index contributed by atoms with van der Waals surface area (Å²) in [5.41, 5.74) is 5.41. The number of nitrogens with two attached hydrogens (primary N) is 1. The van der Waals surface area contributed by atoms with Crippen LogP contribution in [0.2, 0.25) is 0 Å². The average molecular weight is 301 g/mol. The maximum absolute atomic E-state index is 12.6. The highest BCUT2D eigenvalue weighted by Gasteiger charge is 2.40. The lowest BCUT2D eigenvalue weighted by atomic mass is 9.77. The predicted octanol–water partition coefficient (Wildman–Crippen LogP) is 3.66. The molecule has 20 heavy (non-hydrogen) atoms. The molecule has 0 aromatic rings. The number of carbonyl (C=O) groups excluding carboxylic acids is 1. The Kier molecular flexibility index (Phi) is 7.71. The van der Waals surface area contributed by atoms with Crippen LogP contribution < -0.4 is 11.1 Å². The molecule has 118 valence electrons. The molecule has 0 saturated heterocycles. The SMILES string of the molecule is CCCC(CCC)(C(=O)NCC(C)C(C)(C)C)C(N)=S. The van der Waals surface area contributed by atoms with Gasteiger partial charge in [0, 0.05) is 6.54 Å². The van der Waals surface area contributed by atoms with Crippen molar-refractivity contribution in [3.8, 4) is 0 Å². The van der Waals surface area contributed by atoms with Crippen molar-refractivity contribution < 1.29 is 4.79 Å². The van der Waals surface area contributed by atoms with E-state index >= 15 is 0 Å². The summed E-state index contributed by atoms with van der Waals surface area (Å²) in [6.07, 6.45) is 3.26. The Bertz CT molecular complexity index is 328. The largest absolute Gasteiger partial charge is 0.392 e. The molecule has 0 bridgehead atoms. The predicted molar refractivity (Wildman–Crippen MR) is 90.7 cm³/mol. The highest BCUT2D eigenvalue weighted by molar-refractivity contribution is 7.80. The van der Waals surface area contributed by atoms with Crippen molar-refractivity contribution in [3.63, 3.8) is 0 Å². The minimum atomic E-state index is -0.670. The van der Waals surface area contributed by atoms with Crippen LogP contribution in [0.1, 0.15) is 67.2 Å². The lowest BCUT2D eigenvalue weighted by Gasteiger charge is -2.33. The van der Waals surface area contributed by atoms with Gasteiger partial charge in [-0.3, -0.25) is 4.79 Å². The van der Waals surface area contributed by atoms with Gasteiger partial charge >= 0.3 is 0 Å². The second-order valence-electron chi connectivity index (χ2n) is 6.92. The molecule has 1 unspecified atom stereocenters. The van der Waals surface area contributed by atoms with Gasteiger partial charge < -0.3 is 11.1 Å². The van der Waals surface area contributed by atoms with Crippen molar-refractivity contribution >= 4 is 23.1 Å². The van der Waals surface area contributed by atoms with E-state index in [4.69, 9.17) is 18.0 Å². The van der Waals surface area contributed by atoms with E-state index < -0.39 is 5.41 Å². The minimum absolute atomic E-state index is 0.00444. The maximum Gasteiger partial charge on any atom is 0.233 e. The second-order valence-corrected chi connectivity index (χ2v) is 7.36. The molecule has 0 heterocycles. The molecule has 0 radical (unpaired) electrons. The number of carbonyl (C=O) groups is 1. The van der Waals surface area contributed by atoms with Crippen LogP contribution >= 0.6 is 12.2 Å². The van der Waals surface area contributed by atoms with Crippen LogP contribution in [0.4, 0.5) is 0 Å². The Hall–Kier alpha value is -0.640. The third-order valence-corrected chi connectivity index (χ3v) is 4.70. The molecule has 0 spiro atoms. The van der Waals surface area contributed by atoms with Crippen molar-refractivity contribution in [2.45, 2.75) is 67.2 Å². The summed E-state index contributed by atoms with van der Waals surface area (Å²) in [4.78, 5) is 13.0. The Morgan fingerprint density at radius 2 is 1.65 bits per heavy atom. The number of amides is 1. The topological polar surface area (TPSA) is 55.1 Å². The average Bonchev–Trinajstić information content (AvgIpc) is 2.33. The van der Waals surface area contributed by atoms with Crippen LogP contribution in [0, 0.1) is 16.7 Å². The summed E-state index contributed by atoms with van der Waals surface area (Å²) in [5, 5.41) is 3.07. The molecule has 0 saturated carbocycles. The van der Waals surface area contributed by atoms with Crippen molar-refractivity contribution in [1.29, 1.82) is 0 Å². The lowest BCUT2D eigenvalue weighted by molar-refractivity contribution is -0.128. The van der Waals surface area contributed by atoms with Crippen LogP contribution in [-0.4, -0.2) is 17.4 Å². The maximum atomic E-state index is 12.6. The summed E-state index contributed by atoms with van der Waals surface area (Å²) in [5.74, 6) is 0.406. The Morgan fingerprint density at radius 1 is 1.20 bits per heavy atom. The summed E-state index contributed by atoms with van der Waals surface area (Å²) >= 11 is 5.21. The zero-order valence-corrected chi connectivity index (χ0v) is 14.8. The number of hydrogen-bond acceptors (Lipinski definition) is 2. The highest BCUT2D eigenvalue weighted by Crippen LogP contribution is 2.31. The normalized spacial score (nSPS) is 13.9. The molecular weight excluding hydrogens is 268 g/mol. The van der Waals surface area contributed by atoms with Crippen LogP contribution in [0.5, 0.6) is 0 Å². The first-order valence-electron chi connectivity index (χ1n) is 7.70. The molecule has 3 nitrogen and oxygen atoms in total. The smallest absolute Gasteiger partial charge is 0.233 e. The van der Waals surface area contributed by atoms with Gasteiger partial charge in [0.05, 0.1) is 10.4 Å². The van der Waals surface area contributed by atoms with Crippen LogP contribution in [0.15, 0.2) is 0 Å². The van der Waals surface area contributed by atoms with Gasteiger partial charge in [-0.15, -0.1) is 0 Å². The van der Waals surface area contributed by atoms with Gasteiger partial charge in [0.2, 0.25) is 5.91 Å². The first kappa shape index (κ1) is 19.4. The van der Waals surface area contributed by atoms with Gasteiger partial charge in [0.1, 0.15) is 0 Å². The van der Waals surface area contributed by atoms with E-state index in [-0.39, 0.29) is 11.3 Å². The van der Waals surface area contributed by atoms with E-state index in [1.165, 1.54) is 0 Å². The number of rotatable bonds is 8. The number of hydrogen-bond donors (Lipinski definition) is 2. The molecular formula is C16H32N2OS. The fourth-order valence-corrected chi connectivity index (χ4v) is 2.58. The molecule has 0 fully saturated rings. The summed E-state index contributed by atoms with van der Waals surface area (Å²) in [6.45, 7) is 13.5. The third kappa shape index (κ3) is 5.04. The van der Waals surface area contributed by atoms with Crippen molar-refractivity contribution in [2.24, 2.45) is 22.5 Å². The van der Waals surface area contributed by atoms with Gasteiger partial charge in [0.15, 0.2) is 0 Å². The van der Waals surface area contributed by atoms with Gasteiger partial charge in [0.25, 0.3) is 0 Å². The zero-order valence-electron chi connectivity index (χ0n) is 14.0. The number of nitrogens with one attached hydrogen (secondary N) is 1. The molecule has 0 aromatic heterocycles. The minimum Gasteiger partial charge on any atom is -0.392 e. The van der Waals surface area contributed by atoms with E-state index in [1.54, 1.807) is 0 Å². The number of thiocarbonyl (C=S) groups is 1. The Balaban J connectivity index is 4.93. The molecule has 0 aliphatic heterocycles. The molecule has 0 aliphatic carbocycles. The van der Waals surface area contributed by atoms with Gasteiger partial charge in [-0.25, -0.2) is 0 Å². The highest BCUT2D eigenvalue weighted by atomic mass is 32.1. The van der Waals surface area contributed by atoms with E-state index in [2.05, 4.69) is 46.9 Å². The first-order valence-corrected chi connectivity index (χ1v) is 8.10. The molecule has 1 atom stereocenters. The standard InChI is InChI=1S/C16H32N2OS/c1-7-9-16(10-8-2,13(17)20)14(19)18-11-12(3)15(4,5)6/h12H,7-11H2,1-6H3,(H2,17,20)(H,18,19). The van der Waals surface area contributed by atoms with E-state index in [0.717, 1.165) is 25.7 Å². The molecule has 4 heteroatoms. The van der Waals surface area contributed by atoms with Crippen LogP contribution in [0.3, 0.4) is 0 Å². The van der Waals surface area contributed by atoms with Crippen molar-refractivity contribution in [2.75, 3.05) is 6.54 Å². The zero-order chi connectivity index (χ0) is 16.0. The van der Waals surface area contributed by atoms with E-state index in [1.807, 2.05) is 0 Å². The summed E-state index contributed by atoms with van der Waals surface area (Å²) in [6, 6.07) is 0. The summed E-state index contributed by atoms with van der Waals surface area (Å²) in [7, 11) is 0. The third-order valence-electron chi connectivity index (χ3n) is 4.31. The molecule has 3 N–H and O–H groups in total. The van der Waals surface area contributed by atoms with E-state index in [9.17, 15) is 4.79 Å². The Labute approximate surface area is 130 Å². The second kappa shape index (κ2) is 7.96. The molecule has 0 rings (SSSR count). The van der Waals surface area contributed by atoms with Gasteiger partial charge in [-0.05, 0) is 24.2 Å². The Morgan fingerprint density at radius 3 is 1.95 bits per heavy atom. The van der Waals surface area contributed by atoms with Crippen molar-refractivity contribution in [1.82, 2.24) is 5.32 Å². The van der Waals surface area contributed by atoms with Crippen molar-refractivity contribution in [3.05, 3.63) is 0 Å². The van der Waals surface area contributed by atoms with Gasteiger partial charge in [-0.2, -0.15) is 0 Å². The lowest BCUT2D eigenvalue weighted by Crippen LogP contribution is -2.50. The fourth-order valence-electron chi connectivity index (χ4n) is 2.29.